The molecule has 1 unspecified atom stereocenters. The Balaban J connectivity index is 1.46. The number of carbonyl (C=O) groups is 2. The van der Waals surface area contributed by atoms with E-state index in [1.54, 1.807) is 38.4 Å². The Morgan fingerprint density at radius 3 is 2.61 bits per heavy atom. The summed E-state index contributed by atoms with van der Waals surface area (Å²) in [6.45, 7) is 6.13. The summed E-state index contributed by atoms with van der Waals surface area (Å²) in [6, 6.07) is 6.01. The Morgan fingerprint density at radius 1 is 1.21 bits per heavy atom. The van der Waals surface area contributed by atoms with E-state index in [0.717, 1.165) is 19.9 Å². The van der Waals surface area contributed by atoms with E-state index in [0.29, 0.717) is 24.7 Å². The highest BCUT2D eigenvalue weighted by Gasteiger charge is 2.45. The summed E-state index contributed by atoms with van der Waals surface area (Å²) in [5.74, 6) is -0.166. The highest BCUT2D eigenvalue weighted by Crippen LogP contribution is 2.35. The molecule has 0 saturated carbocycles. The molecule has 1 fully saturated rings. The van der Waals surface area contributed by atoms with Gasteiger partial charge in [0.25, 0.3) is 5.91 Å². The lowest BCUT2D eigenvalue weighted by Crippen LogP contribution is -2.46. The fourth-order valence-corrected chi connectivity index (χ4v) is 5.01. The van der Waals surface area contributed by atoms with Gasteiger partial charge in [-0.1, -0.05) is 19.1 Å². The average Bonchev–Trinajstić information content (AvgIpc) is 3.33. The van der Waals surface area contributed by atoms with Crippen molar-refractivity contribution in [3.05, 3.63) is 57.5 Å². The molecule has 11 heteroatoms. The number of nitrogens with one attached hydrogen (secondary N) is 2. The van der Waals surface area contributed by atoms with Gasteiger partial charge in [0.05, 0.1) is 9.35 Å². The predicted octanol–water partition coefficient (Wildman–Crippen LogP) is 4.40. The summed E-state index contributed by atoms with van der Waals surface area (Å²) in [4.78, 5) is 39.7. The van der Waals surface area contributed by atoms with Gasteiger partial charge in [-0.2, -0.15) is 0 Å². The van der Waals surface area contributed by atoms with Crippen LogP contribution in [0.5, 0.6) is 0 Å². The van der Waals surface area contributed by atoms with E-state index in [9.17, 15) is 14.0 Å². The molecule has 3 aromatic rings. The van der Waals surface area contributed by atoms with Gasteiger partial charge >= 0.3 is 6.03 Å². The minimum absolute atomic E-state index is 0.0141. The number of nitrogens with zero attached hydrogens (tertiary/aromatic N) is 4. The molecule has 33 heavy (non-hydrogen) atoms. The van der Waals surface area contributed by atoms with Crippen molar-refractivity contribution in [2.24, 2.45) is 0 Å². The molecule has 0 bridgehead atoms. The van der Waals surface area contributed by atoms with Gasteiger partial charge in [-0.15, -0.1) is 11.3 Å². The number of aromatic nitrogens is 3. The maximum Gasteiger partial charge on any atom is 0.325 e. The number of carbonyl (C=O) groups excluding carboxylic acids is 2. The number of thiazole rings is 1. The quantitative estimate of drug-likeness (QED) is 0.437. The van der Waals surface area contributed by atoms with Crippen molar-refractivity contribution < 1.29 is 14.0 Å². The predicted molar refractivity (Wildman–Crippen MR) is 128 cm³/mol. The van der Waals surface area contributed by atoms with E-state index in [2.05, 4.69) is 41.5 Å². The van der Waals surface area contributed by atoms with Crippen LogP contribution in [0.4, 0.5) is 15.1 Å². The zero-order valence-corrected chi connectivity index (χ0v) is 20.6. The Hall–Kier alpha value is -2.92. The molecule has 0 aliphatic carbocycles. The normalized spacial score (nSPS) is 16.1. The number of hydrogen-bond donors (Lipinski definition) is 2. The highest BCUT2D eigenvalue weighted by atomic mass is 79.9. The molecule has 0 spiro atoms. The van der Waals surface area contributed by atoms with Crippen LogP contribution >= 0.6 is 27.3 Å². The first-order chi connectivity index (χ1) is 15.7. The standard InChI is InChI=1S/C22H22BrFN6O2S/c1-12(13-4-6-14(24)7-5-13)18-26-11-16(33-18)17-15(23)10-27-20(28-17)25-8-9-30-21(32)29-19(31)22(30,2)3/h4-7,10-12H,8-9H2,1-3H3,(H,25,27,28)(H,29,31,32). The molecule has 1 aromatic carbocycles. The first-order valence-corrected chi connectivity index (χ1v) is 11.9. The van der Waals surface area contributed by atoms with Crippen molar-refractivity contribution in [2.45, 2.75) is 32.2 Å². The monoisotopic (exact) mass is 532 g/mol. The summed E-state index contributed by atoms with van der Waals surface area (Å²) >= 11 is 5.01. The summed E-state index contributed by atoms with van der Waals surface area (Å²) in [7, 11) is 0. The Morgan fingerprint density at radius 2 is 1.94 bits per heavy atom. The first-order valence-electron chi connectivity index (χ1n) is 10.3. The molecule has 2 aromatic heterocycles. The zero-order chi connectivity index (χ0) is 23.8. The number of anilines is 1. The topological polar surface area (TPSA) is 100 Å². The fourth-order valence-electron chi connectivity index (χ4n) is 3.47. The van der Waals surface area contributed by atoms with Gasteiger partial charge in [-0.25, -0.2) is 24.1 Å². The molecule has 3 heterocycles. The largest absolute Gasteiger partial charge is 0.352 e. The summed E-state index contributed by atoms with van der Waals surface area (Å²) in [5.41, 5.74) is 0.774. The van der Waals surface area contributed by atoms with Gasteiger partial charge in [-0.05, 0) is 47.5 Å². The lowest BCUT2D eigenvalue weighted by Gasteiger charge is -2.27. The van der Waals surface area contributed by atoms with Crippen molar-refractivity contribution in [3.63, 3.8) is 0 Å². The van der Waals surface area contributed by atoms with Crippen molar-refractivity contribution in [1.82, 2.24) is 25.2 Å². The van der Waals surface area contributed by atoms with Crippen LogP contribution in [0.1, 0.15) is 37.3 Å². The average molecular weight is 533 g/mol. The van der Waals surface area contributed by atoms with E-state index in [1.165, 1.54) is 28.4 Å². The Bertz CT molecular complexity index is 1200. The van der Waals surface area contributed by atoms with Gasteiger partial charge in [-0.3, -0.25) is 10.1 Å². The van der Waals surface area contributed by atoms with Crippen molar-refractivity contribution in [2.75, 3.05) is 18.4 Å². The first kappa shape index (κ1) is 23.2. The van der Waals surface area contributed by atoms with Crippen LogP contribution in [0.3, 0.4) is 0 Å². The second kappa shape index (κ2) is 9.14. The van der Waals surface area contributed by atoms with Crippen molar-refractivity contribution >= 4 is 45.2 Å². The molecule has 1 saturated heterocycles. The number of hydrogen-bond acceptors (Lipinski definition) is 7. The molecular weight excluding hydrogens is 511 g/mol. The molecule has 1 aliphatic heterocycles. The molecule has 1 aliphatic rings. The molecule has 0 radical (unpaired) electrons. The van der Waals surface area contributed by atoms with Crippen molar-refractivity contribution in [1.29, 1.82) is 0 Å². The molecule has 3 amide bonds. The van der Waals surface area contributed by atoms with Gasteiger partial charge in [0, 0.05) is 31.4 Å². The molecular formula is C22H22BrFN6O2S. The van der Waals surface area contributed by atoms with Crippen LogP contribution < -0.4 is 10.6 Å². The van der Waals surface area contributed by atoms with Crippen LogP contribution in [0, 0.1) is 5.82 Å². The van der Waals surface area contributed by atoms with Crippen LogP contribution in [0.2, 0.25) is 0 Å². The lowest BCUT2D eigenvalue weighted by atomic mass is 10.0. The smallest absolute Gasteiger partial charge is 0.325 e. The second-order valence-electron chi connectivity index (χ2n) is 8.12. The maximum absolute atomic E-state index is 13.2. The minimum Gasteiger partial charge on any atom is -0.352 e. The number of amides is 3. The molecule has 1 atom stereocenters. The third-order valence-corrected chi connectivity index (χ3v) is 7.32. The van der Waals surface area contributed by atoms with Gasteiger partial charge in [0.15, 0.2) is 0 Å². The zero-order valence-electron chi connectivity index (χ0n) is 18.2. The molecule has 8 nitrogen and oxygen atoms in total. The van der Waals surface area contributed by atoms with E-state index >= 15 is 0 Å². The lowest BCUT2D eigenvalue weighted by molar-refractivity contribution is -0.125. The third kappa shape index (κ3) is 4.74. The van der Waals surface area contributed by atoms with Crippen LogP contribution in [-0.2, 0) is 4.79 Å². The highest BCUT2D eigenvalue weighted by molar-refractivity contribution is 9.10. The van der Waals surface area contributed by atoms with Crippen LogP contribution in [0.25, 0.3) is 10.6 Å². The number of rotatable bonds is 7. The van der Waals surface area contributed by atoms with Gasteiger partial charge < -0.3 is 10.2 Å². The number of benzene rings is 1. The van der Waals surface area contributed by atoms with Crippen LogP contribution in [-0.4, -0.2) is 50.4 Å². The van der Waals surface area contributed by atoms with Gasteiger partial charge in [0.2, 0.25) is 5.95 Å². The van der Waals surface area contributed by atoms with E-state index < -0.39 is 11.6 Å². The number of urea groups is 1. The molecule has 172 valence electrons. The summed E-state index contributed by atoms with van der Waals surface area (Å²) in [5, 5.41) is 6.34. The van der Waals surface area contributed by atoms with E-state index in [1.807, 2.05) is 6.92 Å². The van der Waals surface area contributed by atoms with Crippen LogP contribution in [0.15, 0.2) is 41.1 Å². The van der Waals surface area contributed by atoms with Crippen molar-refractivity contribution in [3.8, 4) is 10.6 Å². The Kier molecular flexibility index (Phi) is 6.44. The SMILES string of the molecule is CC(c1ccc(F)cc1)c1ncc(-c2nc(NCCN3C(=O)NC(=O)C3(C)C)ncc2Br)s1. The summed E-state index contributed by atoms with van der Waals surface area (Å²) < 4.78 is 14.0. The number of imide groups is 1. The Labute approximate surface area is 202 Å². The van der Waals surface area contributed by atoms with E-state index in [4.69, 9.17) is 0 Å². The fraction of sp³-hybridized carbons (Fsp3) is 0.318. The van der Waals surface area contributed by atoms with E-state index in [-0.39, 0.29) is 17.6 Å². The van der Waals surface area contributed by atoms with Gasteiger partial charge in [0.1, 0.15) is 22.1 Å². The number of halogens is 2. The third-order valence-electron chi connectivity index (χ3n) is 5.56. The minimum atomic E-state index is -0.898. The second-order valence-corrected chi connectivity index (χ2v) is 10.0. The molecule has 2 N–H and O–H groups in total. The maximum atomic E-state index is 13.2. The molecule has 4 rings (SSSR count). The summed E-state index contributed by atoms with van der Waals surface area (Å²) in [6.07, 6.45) is 3.42.